The summed E-state index contributed by atoms with van der Waals surface area (Å²) in [6.07, 6.45) is 3.12. The molecule has 1 aromatic carbocycles. The summed E-state index contributed by atoms with van der Waals surface area (Å²) in [5, 5.41) is 7.64. The van der Waals surface area contributed by atoms with Gasteiger partial charge in [0.1, 0.15) is 29.5 Å². The van der Waals surface area contributed by atoms with Crippen LogP contribution in [0.25, 0.3) is 10.8 Å². The van der Waals surface area contributed by atoms with Crippen molar-refractivity contribution >= 4 is 40.3 Å². The minimum absolute atomic E-state index is 0.0143. The van der Waals surface area contributed by atoms with E-state index in [1.807, 2.05) is 32.9 Å². The Labute approximate surface area is 252 Å². The fourth-order valence-corrected chi connectivity index (χ4v) is 5.29. The number of halogens is 1. The van der Waals surface area contributed by atoms with Crippen LogP contribution in [0.15, 0.2) is 37.1 Å². The van der Waals surface area contributed by atoms with Crippen molar-refractivity contribution in [3.63, 3.8) is 0 Å². The van der Waals surface area contributed by atoms with Crippen LogP contribution in [0.4, 0.5) is 4.79 Å². The third-order valence-electron chi connectivity index (χ3n) is 7.38. The van der Waals surface area contributed by atoms with Gasteiger partial charge < -0.3 is 29.7 Å². The van der Waals surface area contributed by atoms with Crippen LogP contribution < -0.4 is 20.1 Å². The van der Waals surface area contributed by atoms with Gasteiger partial charge in [0.2, 0.25) is 17.7 Å². The van der Waals surface area contributed by atoms with Crippen LogP contribution in [0, 0.1) is 11.3 Å². The topological polar surface area (TPSA) is 119 Å². The Kier molecular flexibility index (Phi) is 8.97. The Balaban J connectivity index is 1.62. The molecule has 1 saturated carbocycles. The highest BCUT2D eigenvalue weighted by atomic mass is 35.5. The first-order chi connectivity index (χ1) is 19.6. The minimum Gasteiger partial charge on any atom is -0.497 e. The van der Waals surface area contributed by atoms with E-state index in [1.165, 1.54) is 11.1 Å². The van der Waals surface area contributed by atoms with E-state index in [0.29, 0.717) is 22.0 Å². The minimum atomic E-state index is -0.956. The molecule has 42 heavy (non-hydrogen) atoms. The molecule has 1 aromatic heterocycles. The highest BCUT2D eigenvalue weighted by Gasteiger charge is 2.47. The van der Waals surface area contributed by atoms with Crippen LogP contribution in [-0.4, -0.2) is 71.3 Å². The van der Waals surface area contributed by atoms with Crippen molar-refractivity contribution in [1.82, 2.24) is 20.5 Å². The molecule has 1 aliphatic carbocycles. The highest BCUT2D eigenvalue weighted by molar-refractivity contribution is 6.35. The number of hydrogen-bond donors (Lipinski definition) is 2. The number of carbonyl (C=O) groups is 3. The van der Waals surface area contributed by atoms with Crippen molar-refractivity contribution in [1.29, 1.82) is 0 Å². The van der Waals surface area contributed by atoms with Crippen LogP contribution >= 0.6 is 11.6 Å². The molecule has 0 spiro atoms. The van der Waals surface area contributed by atoms with Gasteiger partial charge in [-0.1, -0.05) is 38.4 Å². The summed E-state index contributed by atoms with van der Waals surface area (Å²) < 4.78 is 17.2. The zero-order valence-electron chi connectivity index (χ0n) is 25.3. The number of alkyl carbamates (subject to hydrolysis) is 1. The Bertz CT molecular complexity index is 1370. The molecule has 4 rings (SSSR count). The molecule has 228 valence electrons. The number of likely N-dealkylation sites (tertiary alicyclic amines) is 1. The van der Waals surface area contributed by atoms with Crippen molar-refractivity contribution in [3.8, 4) is 11.6 Å². The smallest absolute Gasteiger partial charge is 0.408 e. The lowest BCUT2D eigenvalue weighted by Crippen LogP contribution is -2.58. The lowest BCUT2D eigenvalue weighted by atomic mass is 9.85. The first-order valence-corrected chi connectivity index (χ1v) is 14.5. The average molecular weight is 601 g/mol. The van der Waals surface area contributed by atoms with Gasteiger partial charge in [-0.2, -0.15) is 0 Å². The standard InChI is InChI=1S/C31H41ClN4O6/c1-9-17-12-23(17)34-26(37)24-14-19(41-27-21-13-18(40-8)10-11-20(21)22(32)15-33-27)16-36(24)28(38)25(30(2,3)4)35-29(39)42-31(5,6)7/h9-11,13,15,17,19,23-25H,1,12,14,16H2,2-8H3,(H,34,37)(H,35,39)/t17-,19-,23-,24+,25-/m1/s1. The quantitative estimate of drug-likeness (QED) is 0.415. The van der Waals surface area contributed by atoms with Gasteiger partial charge in [-0.3, -0.25) is 9.59 Å². The van der Waals surface area contributed by atoms with Gasteiger partial charge in [0, 0.05) is 23.2 Å². The molecule has 1 saturated heterocycles. The molecule has 0 radical (unpaired) electrons. The number of nitrogens with one attached hydrogen (secondary N) is 2. The predicted octanol–water partition coefficient (Wildman–Crippen LogP) is 4.88. The molecule has 2 aromatic rings. The molecule has 3 amide bonds. The number of fused-ring (bicyclic) bond motifs is 1. The molecule has 10 nitrogen and oxygen atoms in total. The number of aromatic nitrogens is 1. The summed E-state index contributed by atoms with van der Waals surface area (Å²) in [5.41, 5.74) is -1.42. The number of benzene rings is 1. The maximum atomic E-state index is 14.1. The SMILES string of the molecule is C=C[C@@H]1C[C@H]1NC(=O)[C@@H]1C[C@@H](Oc2ncc(Cl)c3ccc(OC)cc23)CN1C(=O)[C@@H](NC(=O)OC(C)(C)C)C(C)(C)C. The van der Waals surface area contributed by atoms with E-state index in [0.717, 1.165) is 11.8 Å². The van der Waals surface area contributed by atoms with Gasteiger partial charge in [0.25, 0.3) is 0 Å². The number of carbonyl (C=O) groups excluding carboxylic acids is 3. The second-order valence-corrected chi connectivity index (χ2v) is 13.4. The zero-order valence-corrected chi connectivity index (χ0v) is 26.1. The summed E-state index contributed by atoms with van der Waals surface area (Å²) in [7, 11) is 1.57. The Morgan fingerprint density at radius 2 is 1.86 bits per heavy atom. The Morgan fingerprint density at radius 1 is 1.14 bits per heavy atom. The normalized spacial score (nSPS) is 22.7. The zero-order chi connectivity index (χ0) is 31.0. The van der Waals surface area contributed by atoms with E-state index in [4.69, 9.17) is 25.8 Å². The van der Waals surface area contributed by atoms with Crippen molar-refractivity contribution < 1.29 is 28.6 Å². The molecular weight excluding hydrogens is 560 g/mol. The largest absolute Gasteiger partial charge is 0.497 e. The molecule has 5 atom stereocenters. The monoisotopic (exact) mass is 600 g/mol. The Hall–Kier alpha value is -3.53. The first-order valence-electron chi connectivity index (χ1n) is 14.1. The third-order valence-corrected chi connectivity index (χ3v) is 7.68. The molecule has 2 heterocycles. The van der Waals surface area contributed by atoms with Crippen LogP contribution in [0.3, 0.4) is 0 Å². The number of rotatable bonds is 8. The molecule has 2 N–H and O–H groups in total. The number of hydrogen-bond acceptors (Lipinski definition) is 7. The van der Waals surface area contributed by atoms with E-state index in [2.05, 4.69) is 22.2 Å². The maximum absolute atomic E-state index is 14.1. The maximum Gasteiger partial charge on any atom is 0.408 e. The van der Waals surface area contributed by atoms with Gasteiger partial charge >= 0.3 is 6.09 Å². The fourth-order valence-electron chi connectivity index (χ4n) is 5.08. The number of ether oxygens (including phenoxy) is 3. The third kappa shape index (κ3) is 7.27. The predicted molar refractivity (Wildman–Crippen MR) is 161 cm³/mol. The van der Waals surface area contributed by atoms with E-state index in [9.17, 15) is 14.4 Å². The molecule has 2 aliphatic rings. The molecule has 0 bridgehead atoms. The Morgan fingerprint density at radius 3 is 2.45 bits per heavy atom. The van der Waals surface area contributed by atoms with Crippen molar-refractivity contribution in [2.24, 2.45) is 11.3 Å². The number of pyridine rings is 1. The molecule has 11 heteroatoms. The number of nitrogens with zero attached hydrogens (tertiary/aromatic N) is 2. The first kappa shape index (κ1) is 31.4. The van der Waals surface area contributed by atoms with E-state index in [1.54, 1.807) is 40.0 Å². The fraction of sp³-hybridized carbons (Fsp3) is 0.548. The van der Waals surface area contributed by atoms with Gasteiger partial charge in [0.05, 0.1) is 24.9 Å². The van der Waals surface area contributed by atoms with Crippen molar-refractivity contribution in [3.05, 3.63) is 42.1 Å². The lowest BCUT2D eigenvalue weighted by molar-refractivity contribution is -0.142. The van der Waals surface area contributed by atoms with E-state index >= 15 is 0 Å². The second-order valence-electron chi connectivity index (χ2n) is 13.0. The number of amides is 3. The number of methoxy groups -OCH3 is 1. The lowest BCUT2D eigenvalue weighted by Gasteiger charge is -2.35. The summed E-state index contributed by atoms with van der Waals surface area (Å²) >= 11 is 6.39. The second kappa shape index (κ2) is 12.0. The van der Waals surface area contributed by atoms with Crippen LogP contribution in [0.2, 0.25) is 5.02 Å². The summed E-state index contributed by atoms with van der Waals surface area (Å²) in [6.45, 7) is 14.7. The molecule has 2 fully saturated rings. The molecule has 1 aliphatic heterocycles. The van der Waals surface area contributed by atoms with Gasteiger partial charge in [0.15, 0.2) is 0 Å². The van der Waals surface area contributed by atoms with Crippen LogP contribution in [-0.2, 0) is 14.3 Å². The van der Waals surface area contributed by atoms with Crippen molar-refractivity contribution in [2.75, 3.05) is 13.7 Å². The molecule has 0 unspecified atom stereocenters. The molecular formula is C31H41ClN4O6. The summed E-state index contributed by atoms with van der Waals surface area (Å²) in [4.78, 5) is 46.3. The van der Waals surface area contributed by atoms with Crippen LogP contribution in [0.1, 0.15) is 54.4 Å². The van der Waals surface area contributed by atoms with Crippen molar-refractivity contribution in [2.45, 2.75) is 84.2 Å². The van der Waals surface area contributed by atoms with Crippen LogP contribution in [0.5, 0.6) is 11.6 Å². The summed E-state index contributed by atoms with van der Waals surface area (Å²) in [6, 6.07) is 3.63. The summed E-state index contributed by atoms with van der Waals surface area (Å²) in [5.74, 6) is 0.470. The van der Waals surface area contributed by atoms with E-state index in [-0.39, 0.29) is 30.8 Å². The average Bonchev–Trinajstić information content (AvgIpc) is 3.52. The highest BCUT2D eigenvalue weighted by Crippen LogP contribution is 2.36. The van der Waals surface area contributed by atoms with Gasteiger partial charge in [-0.25, -0.2) is 9.78 Å². The van der Waals surface area contributed by atoms with Gasteiger partial charge in [-0.15, -0.1) is 6.58 Å². The van der Waals surface area contributed by atoms with Gasteiger partial charge in [-0.05, 0) is 56.7 Å². The van der Waals surface area contributed by atoms with E-state index < -0.39 is 41.2 Å².